The molecule has 0 atom stereocenters. The van der Waals surface area contributed by atoms with Crippen LogP contribution in [0.4, 0.5) is 0 Å². The SMILES string of the molecule is [N-]=[N+]=c1cc2ccccccc-2c1. The van der Waals surface area contributed by atoms with Crippen LogP contribution in [-0.2, 0) is 0 Å². The summed E-state index contributed by atoms with van der Waals surface area (Å²) < 4.78 is 0. The highest BCUT2D eigenvalue weighted by atomic mass is 14.8. The van der Waals surface area contributed by atoms with Crippen molar-refractivity contribution in [2.75, 3.05) is 0 Å². The van der Waals surface area contributed by atoms with Crippen LogP contribution in [0.5, 0.6) is 0 Å². The molecule has 62 valence electrons. The summed E-state index contributed by atoms with van der Waals surface area (Å²) in [6, 6.07) is 15.5. The van der Waals surface area contributed by atoms with Crippen LogP contribution in [0.2, 0.25) is 0 Å². The Balaban J connectivity index is 2.83. The molecule has 2 nitrogen and oxygen atoms in total. The van der Waals surface area contributed by atoms with Crippen LogP contribution >= 0.6 is 0 Å². The van der Waals surface area contributed by atoms with Gasteiger partial charge in [0.05, 0.1) is 0 Å². The minimum atomic E-state index is 0.598. The zero-order valence-corrected chi connectivity index (χ0v) is 7.01. The molecule has 0 aromatic carbocycles. The van der Waals surface area contributed by atoms with Gasteiger partial charge in [-0.3, -0.25) is 0 Å². The maximum atomic E-state index is 8.59. The Morgan fingerprint density at radius 1 is 0.846 bits per heavy atom. The molecule has 0 heterocycles. The van der Waals surface area contributed by atoms with E-state index in [0.29, 0.717) is 5.36 Å². The molecule has 2 aliphatic carbocycles. The summed E-state index contributed by atoms with van der Waals surface area (Å²) in [6.07, 6.45) is 0. The normalized spacial score (nSPS) is 9.54. The highest BCUT2D eigenvalue weighted by molar-refractivity contribution is 5.64. The summed E-state index contributed by atoms with van der Waals surface area (Å²) in [7, 11) is 0. The largest absolute Gasteiger partial charge is 0.361 e. The van der Waals surface area contributed by atoms with Crippen LogP contribution in [0.3, 0.4) is 0 Å². The fourth-order valence-corrected chi connectivity index (χ4v) is 1.32. The topological polar surface area (TPSA) is 36.4 Å². The number of nitrogens with zero attached hydrogens (tertiary/aromatic N) is 2. The van der Waals surface area contributed by atoms with Crippen molar-refractivity contribution in [3.63, 3.8) is 0 Å². The van der Waals surface area contributed by atoms with Gasteiger partial charge in [0.15, 0.2) is 0 Å². The first-order valence-electron chi connectivity index (χ1n) is 4.07. The lowest BCUT2D eigenvalue weighted by Crippen LogP contribution is -1.91. The minimum absolute atomic E-state index is 0.598. The minimum Gasteiger partial charge on any atom is -0.361 e. The zero-order chi connectivity index (χ0) is 9.10. The number of rotatable bonds is 0. The molecule has 2 heteroatoms. The summed E-state index contributed by atoms with van der Waals surface area (Å²) in [5, 5.41) is 0.598. The van der Waals surface area contributed by atoms with E-state index in [4.69, 9.17) is 5.53 Å². The Labute approximate surface area is 76.1 Å². The third-order valence-corrected chi connectivity index (χ3v) is 1.94. The second-order valence-electron chi connectivity index (χ2n) is 2.83. The van der Waals surface area contributed by atoms with Gasteiger partial charge >= 0.3 is 5.36 Å². The number of fused-ring (bicyclic) bond motifs is 1. The van der Waals surface area contributed by atoms with E-state index in [1.54, 1.807) is 0 Å². The van der Waals surface area contributed by atoms with Crippen molar-refractivity contribution < 1.29 is 4.79 Å². The zero-order valence-electron chi connectivity index (χ0n) is 7.01. The standard InChI is InChI=1S/C11H8N2/c12-13-11-7-9-5-3-1-2-4-6-10(9)8-11/h1-8H. The van der Waals surface area contributed by atoms with E-state index in [-0.39, 0.29) is 0 Å². The summed E-state index contributed by atoms with van der Waals surface area (Å²) in [5.74, 6) is 0. The van der Waals surface area contributed by atoms with E-state index in [1.807, 2.05) is 48.5 Å². The molecule has 0 saturated heterocycles. The summed E-state index contributed by atoms with van der Waals surface area (Å²) >= 11 is 0. The Morgan fingerprint density at radius 2 is 1.38 bits per heavy atom. The maximum absolute atomic E-state index is 8.59. The van der Waals surface area contributed by atoms with E-state index < -0.39 is 0 Å². The van der Waals surface area contributed by atoms with Crippen LogP contribution in [-0.4, -0.2) is 4.79 Å². The van der Waals surface area contributed by atoms with Crippen molar-refractivity contribution in [2.45, 2.75) is 0 Å². The predicted molar refractivity (Wildman–Crippen MR) is 49.8 cm³/mol. The third-order valence-electron chi connectivity index (χ3n) is 1.94. The molecule has 13 heavy (non-hydrogen) atoms. The number of hydrogen-bond acceptors (Lipinski definition) is 0. The van der Waals surface area contributed by atoms with E-state index in [0.717, 1.165) is 11.1 Å². The van der Waals surface area contributed by atoms with Gasteiger partial charge in [-0.15, -0.1) is 0 Å². The molecule has 0 fully saturated rings. The van der Waals surface area contributed by atoms with Gasteiger partial charge in [-0.25, -0.2) is 0 Å². The first-order chi connectivity index (χ1) is 6.40. The fraction of sp³-hybridized carbons (Fsp3) is 0. The van der Waals surface area contributed by atoms with Crippen LogP contribution in [0.25, 0.3) is 16.7 Å². The fourth-order valence-electron chi connectivity index (χ4n) is 1.32. The van der Waals surface area contributed by atoms with E-state index >= 15 is 0 Å². The van der Waals surface area contributed by atoms with Gasteiger partial charge in [0.2, 0.25) is 0 Å². The first kappa shape index (κ1) is 7.71. The summed E-state index contributed by atoms with van der Waals surface area (Å²) in [5.41, 5.74) is 10.7. The van der Waals surface area contributed by atoms with Crippen molar-refractivity contribution in [1.29, 1.82) is 0 Å². The third kappa shape index (κ3) is 1.48. The summed E-state index contributed by atoms with van der Waals surface area (Å²) in [4.78, 5) is 3.15. The van der Waals surface area contributed by atoms with Crippen molar-refractivity contribution >= 4 is 0 Å². The molecule has 0 radical (unpaired) electrons. The van der Waals surface area contributed by atoms with Crippen molar-refractivity contribution in [2.24, 2.45) is 0 Å². The second kappa shape index (κ2) is 3.21. The van der Waals surface area contributed by atoms with Crippen LogP contribution in [0.15, 0.2) is 48.5 Å². The van der Waals surface area contributed by atoms with Crippen LogP contribution in [0, 0.1) is 0 Å². The lowest BCUT2D eigenvalue weighted by atomic mass is 10.1. The van der Waals surface area contributed by atoms with Gasteiger partial charge in [0.1, 0.15) is 0 Å². The Morgan fingerprint density at radius 3 is 1.85 bits per heavy atom. The van der Waals surface area contributed by atoms with Gasteiger partial charge in [0.25, 0.3) is 0 Å². The highest BCUT2D eigenvalue weighted by Gasteiger charge is 2.03. The van der Waals surface area contributed by atoms with Crippen molar-refractivity contribution in [3.8, 4) is 11.1 Å². The molecule has 0 aromatic rings. The molecular formula is C11H8N2. The Kier molecular flexibility index (Phi) is 1.91. The van der Waals surface area contributed by atoms with Crippen molar-refractivity contribution in [1.82, 2.24) is 0 Å². The summed E-state index contributed by atoms with van der Waals surface area (Å²) in [6.45, 7) is 0. The second-order valence-corrected chi connectivity index (χ2v) is 2.83. The van der Waals surface area contributed by atoms with E-state index in [1.165, 1.54) is 0 Å². The average Bonchev–Trinajstić information content (AvgIpc) is 2.47. The van der Waals surface area contributed by atoms with Gasteiger partial charge in [-0.2, -0.15) is 4.79 Å². The molecule has 2 aliphatic rings. The van der Waals surface area contributed by atoms with E-state index in [2.05, 4.69) is 4.79 Å². The van der Waals surface area contributed by atoms with Gasteiger partial charge < -0.3 is 5.53 Å². The maximum Gasteiger partial charge on any atom is 0.316 e. The molecule has 2 rings (SSSR count). The van der Waals surface area contributed by atoms with Gasteiger partial charge in [-0.1, -0.05) is 36.4 Å². The smallest absolute Gasteiger partial charge is 0.316 e. The van der Waals surface area contributed by atoms with Gasteiger partial charge in [-0.05, 0) is 11.1 Å². The molecule has 0 amide bonds. The molecular weight excluding hydrogens is 160 g/mol. The van der Waals surface area contributed by atoms with Gasteiger partial charge in [0, 0.05) is 12.1 Å². The quantitative estimate of drug-likeness (QED) is 0.425. The number of hydrogen-bond donors (Lipinski definition) is 0. The van der Waals surface area contributed by atoms with Crippen molar-refractivity contribution in [3.05, 3.63) is 59.4 Å². The molecule has 0 saturated carbocycles. The predicted octanol–water partition coefficient (Wildman–Crippen LogP) is 1.92. The molecule has 0 N–H and O–H groups in total. The average molecular weight is 168 g/mol. The molecule has 0 aromatic heterocycles. The highest BCUT2D eigenvalue weighted by Crippen LogP contribution is 2.16. The first-order valence-corrected chi connectivity index (χ1v) is 4.07. The monoisotopic (exact) mass is 168 g/mol. The Hall–Kier alpha value is -1.92. The van der Waals surface area contributed by atoms with E-state index in [9.17, 15) is 0 Å². The van der Waals surface area contributed by atoms with Crippen LogP contribution < -0.4 is 5.36 Å². The Bertz CT molecular complexity index is 446. The molecule has 0 unspecified atom stereocenters. The lowest BCUT2D eigenvalue weighted by Gasteiger charge is -1.89. The van der Waals surface area contributed by atoms with Crippen LogP contribution in [0.1, 0.15) is 0 Å². The lowest BCUT2D eigenvalue weighted by molar-refractivity contribution is -0.0644. The molecule has 0 spiro atoms. The molecule has 0 aliphatic heterocycles. The molecule has 0 bridgehead atoms.